The van der Waals surface area contributed by atoms with Gasteiger partial charge in [-0.25, -0.2) is 4.98 Å². The van der Waals surface area contributed by atoms with E-state index in [1.807, 2.05) is 0 Å². The minimum Gasteiger partial charge on any atom is -0.368 e. The van der Waals surface area contributed by atoms with Gasteiger partial charge in [-0.2, -0.15) is 0 Å². The minimum atomic E-state index is 0.0167. The molecule has 2 heterocycles. The summed E-state index contributed by atoms with van der Waals surface area (Å²) in [5.41, 5.74) is 1.13. The summed E-state index contributed by atoms with van der Waals surface area (Å²) in [5.74, 6) is 0.476. The number of carbonyl (C=O) groups is 1. The lowest BCUT2D eigenvalue weighted by atomic mass is 9.97. The van der Waals surface area contributed by atoms with Gasteiger partial charge in [-0.15, -0.1) is 11.3 Å². The highest BCUT2D eigenvalue weighted by Gasteiger charge is 2.31. The van der Waals surface area contributed by atoms with Crippen LogP contribution in [0.25, 0.3) is 0 Å². The lowest BCUT2D eigenvalue weighted by Crippen LogP contribution is -2.42. The first-order valence-corrected chi connectivity index (χ1v) is 8.25. The zero-order valence-corrected chi connectivity index (χ0v) is 13.5. The Labute approximate surface area is 124 Å². The Morgan fingerprint density at radius 2 is 2.30 bits per heavy atom. The Morgan fingerprint density at radius 3 is 2.85 bits per heavy atom. The summed E-state index contributed by atoms with van der Waals surface area (Å²) < 4.78 is 6.12. The predicted octanol–water partition coefficient (Wildman–Crippen LogP) is 3.40. The second-order valence-corrected chi connectivity index (χ2v) is 6.68. The Morgan fingerprint density at radius 1 is 1.55 bits per heavy atom. The van der Waals surface area contributed by atoms with Gasteiger partial charge in [-0.05, 0) is 18.8 Å². The maximum absolute atomic E-state index is 11.3. The van der Waals surface area contributed by atoms with Crippen LogP contribution in [0, 0.1) is 0 Å². The molecule has 0 aromatic carbocycles. The van der Waals surface area contributed by atoms with Gasteiger partial charge >= 0.3 is 0 Å². The number of hydrogen-bond donors (Lipinski definition) is 1. The molecular weight excluding hydrogens is 272 g/mol. The van der Waals surface area contributed by atoms with Gasteiger partial charge in [-0.1, -0.05) is 20.8 Å². The van der Waals surface area contributed by atoms with E-state index < -0.39 is 0 Å². The summed E-state index contributed by atoms with van der Waals surface area (Å²) in [7, 11) is 0. The van der Waals surface area contributed by atoms with Crippen LogP contribution in [-0.4, -0.2) is 23.0 Å². The van der Waals surface area contributed by atoms with E-state index in [1.54, 1.807) is 18.3 Å². The highest BCUT2D eigenvalue weighted by atomic mass is 32.1. The Kier molecular flexibility index (Phi) is 5.16. The van der Waals surface area contributed by atoms with E-state index in [0.717, 1.165) is 30.0 Å². The van der Waals surface area contributed by atoms with Crippen molar-refractivity contribution >= 4 is 17.2 Å². The van der Waals surface area contributed by atoms with Gasteiger partial charge < -0.3 is 10.1 Å². The summed E-state index contributed by atoms with van der Waals surface area (Å²) in [4.78, 5) is 16.0. The predicted molar refractivity (Wildman–Crippen MR) is 80.9 cm³/mol. The summed E-state index contributed by atoms with van der Waals surface area (Å²) >= 11 is 1.67. The zero-order chi connectivity index (χ0) is 14.7. The molecule has 0 bridgehead atoms. The molecule has 3 atom stereocenters. The van der Waals surface area contributed by atoms with Gasteiger partial charge in [0.05, 0.1) is 11.8 Å². The third kappa shape index (κ3) is 3.79. The fraction of sp³-hybridized carbons (Fsp3) is 0.733. The summed E-state index contributed by atoms with van der Waals surface area (Å²) in [6.45, 7) is 8.00. The van der Waals surface area contributed by atoms with Gasteiger partial charge in [-0.3, -0.25) is 4.79 Å². The normalized spacial score (nSPS) is 26.8. The second kappa shape index (κ2) is 6.68. The van der Waals surface area contributed by atoms with Crippen LogP contribution in [0.2, 0.25) is 0 Å². The largest absolute Gasteiger partial charge is 0.368 e. The van der Waals surface area contributed by atoms with Gasteiger partial charge in [0, 0.05) is 24.8 Å². The molecule has 1 aliphatic rings. The van der Waals surface area contributed by atoms with Crippen molar-refractivity contribution in [2.24, 2.45) is 0 Å². The first-order chi connectivity index (χ1) is 9.49. The van der Waals surface area contributed by atoms with Crippen LogP contribution in [0.1, 0.15) is 69.7 Å². The van der Waals surface area contributed by atoms with E-state index in [9.17, 15) is 4.79 Å². The first-order valence-electron chi connectivity index (χ1n) is 7.37. The molecule has 0 unspecified atom stereocenters. The molecule has 1 N–H and O–H groups in total. The zero-order valence-electron chi connectivity index (χ0n) is 12.7. The third-order valence-electron chi connectivity index (χ3n) is 3.67. The molecule has 2 rings (SSSR count). The lowest BCUT2D eigenvalue weighted by Gasteiger charge is -2.34. The number of carbonyl (C=O) groups excluding carboxylic acids is 1. The lowest BCUT2D eigenvalue weighted by molar-refractivity contribution is -0.122. The third-order valence-corrected chi connectivity index (χ3v) is 4.63. The number of ether oxygens (including phenoxy) is 1. The average Bonchev–Trinajstić information content (AvgIpc) is 2.87. The van der Waals surface area contributed by atoms with Crippen LogP contribution in [0.3, 0.4) is 0 Å². The molecule has 0 radical (unpaired) electrons. The van der Waals surface area contributed by atoms with E-state index in [4.69, 9.17) is 9.72 Å². The van der Waals surface area contributed by atoms with Gasteiger partial charge in [0.15, 0.2) is 0 Å². The van der Waals surface area contributed by atoms with Crippen molar-refractivity contribution in [3.05, 3.63) is 16.1 Å². The molecule has 1 aromatic rings. The number of thiazole rings is 1. The molecule has 0 spiro atoms. The maximum Gasteiger partial charge on any atom is 0.217 e. The van der Waals surface area contributed by atoms with Crippen molar-refractivity contribution < 1.29 is 9.53 Å². The second-order valence-electron chi connectivity index (χ2n) is 5.79. The number of amides is 1. The summed E-state index contributed by atoms with van der Waals surface area (Å²) in [6.07, 6.45) is 2.91. The van der Waals surface area contributed by atoms with Crippen molar-refractivity contribution in [1.29, 1.82) is 0 Å². The molecule has 20 heavy (non-hydrogen) atoms. The summed E-state index contributed by atoms with van der Waals surface area (Å²) in [5, 5.41) is 6.19. The number of aromatic nitrogens is 1. The maximum atomic E-state index is 11.3. The SMILES string of the molecule is CC[C@H]1C[C@@H](NC(C)=O)C[C@@H](c2nc(C(C)C)cs2)O1. The average molecular weight is 296 g/mol. The van der Waals surface area contributed by atoms with Gasteiger partial charge in [0.2, 0.25) is 5.91 Å². The van der Waals surface area contributed by atoms with Crippen molar-refractivity contribution in [1.82, 2.24) is 10.3 Å². The highest BCUT2D eigenvalue weighted by Crippen LogP contribution is 2.35. The van der Waals surface area contributed by atoms with Gasteiger partial charge in [0.1, 0.15) is 11.1 Å². The molecule has 4 nitrogen and oxygen atoms in total. The van der Waals surface area contributed by atoms with E-state index >= 15 is 0 Å². The van der Waals surface area contributed by atoms with Crippen molar-refractivity contribution in [3.8, 4) is 0 Å². The number of rotatable bonds is 4. The minimum absolute atomic E-state index is 0.0167. The Balaban J connectivity index is 2.10. The van der Waals surface area contributed by atoms with Crippen LogP contribution in [-0.2, 0) is 9.53 Å². The Hall–Kier alpha value is -0.940. The number of nitrogens with zero attached hydrogens (tertiary/aromatic N) is 1. The molecule has 1 aliphatic heterocycles. The molecule has 5 heteroatoms. The van der Waals surface area contributed by atoms with Crippen LogP contribution in [0.4, 0.5) is 0 Å². The van der Waals surface area contributed by atoms with Crippen LogP contribution < -0.4 is 5.32 Å². The van der Waals surface area contributed by atoms with Crippen molar-refractivity contribution in [2.45, 2.75) is 71.1 Å². The van der Waals surface area contributed by atoms with Crippen LogP contribution in [0.15, 0.2) is 5.38 Å². The molecular formula is C15H24N2O2S. The monoisotopic (exact) mass is 296 g/mol. The van der Waals surface area contributed by atoms with E-state index in [1.165, 1.54) is 0 Å². The fourth-order valence-corrected chi connectivity index (χ4v) is 3.58. The highest BCUT2D eigenvalue weighted by molar-refractivity contribution is 7.09. The van der Waals surface area contributed by atoms with E-state index in [0.29, 0.717) is 5.92 Å². The molecule has 0 aliphatic carbocycles. The van der Waals surface area contributed by atoms with E-state index in [2.05, 4.69) is 31.5 Å². The molecule has 1 amide bonds. The Bertz CT molecular complexity index is 458. The molecule has 1 saturated heterocycles. The van der Waals surface area contributed by atoms with Crippen molar-refractivity contribution in [2.75, 3.05) is 0 Å². The van der Waals surface area contributed by atoms with E-state index in [-0.39, 0.29) is 24.2 Å². The quantitative estimate of drug-likeness (QED) is 0.926. The molecule has 0 saturated carbocycles. The molecule has 1 aromatic heterocycles. The number of hydrogen-bond acceptors (Lipinski definition) is 4. The first kappa shape index (κ1) is 15.4. The topological polar surface area (TPSA) is 51.2 Å². The summed E-state index contributed by atoms with van der Waals surface area (Å²) in [6, 6.07) is 0.197. The smallest absolute Gasteiger partial charge is 0.217 e. The molecule has 112 valence electrons. The number of nitrogens with one attached hydrogen (secondary N) is 1. The standard InChI is InChI=1S/C15H24N2O2S/c1-5-12-6-11(16-10(4)18)7-14(19-12)15-17-13(8-20-15)9(2)3/h8-9,11-12,14H,5-7H2,1-4H3,(H,16,18)/t11-,12+,14+/m1/s1. The van der Waals surface area contributed by atoms with Crippen LogP contribution >= 0.6 is 11.3 Å². The fourth-order valence-electron chi connectivity index (χ4n) is 2.56. The van der Waals surface area contributed by atoms with Crippen LogP contribution in [0.5, 0.6) is 0 Å². The molecule has 1 fully saturated rings. The van der Waals surface area contributed by atoms with Gasteiger partial charge in [0.25, 0.3) is 0 Å². The van der Waals surface area contributed by atoms with Crippen molar-refractivity contribution in [3.63, 3.8) is 0 Å².